The minimum atomic E-state index is -0.177. The lowest BCUT2D eigenvalue weighted by atomic mass is 10.1. The van der Waals surface area contributed by atoms with E-state index in [4.69, 9.17) is 12.2 Å². The summed E-state index contributed by atoms with van der Waals surface area (Å²) in [5.74, 6) is 0.503. The molecule has 1 aromatic carbocycles. The van der Waals surface area contributed by atoms with E-state index in [1.807, 2.05) is 30.3 Å². The maximum Gasteiger partial charge on any atom is 0.235 e. The number of carbonyl (C=O) groups is 2. The van der Waals surface area contributed by atoms with E-state index in [0.29, 0.717) is 4.32 Å². The van der Waals surface area contributed by atoms with Crippen molar-refractivity contribution >= 4 is 40.0 Å². The summed E-state index contributed by atoms with van der Waals surface area (Å²) in [5.41, 5.74) is 1.18. The molecule has 100 valence electrons. The molecule has 5 heteroatoms. The minimum absolute atomic E-state index is 0.0618. The summed E-state index contributed by atoms with van der Waals surface area (Å²) in [7, 11) is 0. The van der Waals surface area contributed by atoms with Crippen molar-refractivity contribution in [1.82, 2.24) is 4.90 Å². The number of Topliss-reactive ketones (excluding diaryl/α,β-unsaturated/α-hetero) is 1. The van der Waals surface area contributed by atoms with Gasteiger partial charge in [-0.05, 0) is 18.9 Å². The Morgan fingerprint density at radius 2 is 2.05 bits per heavy atom. The molecule has 0 radical (unpaired) electrons. The number of nitrogens with zero attached hydrogens (tertiary/aromatic N) is 1. The van der Waals surface area contributed by atoms with Crippen LogP contribution < -0.4 is 0 Å². The predicted octanol–water partition coefficient (Wildman–Crippen LogP) is 2.44. The first-order valence-corrected chi connectivity index (χ1v) is 7.49. The van der Waals surface area contributed by atoms with Gasteiger partial charge in [0.05, 0.1) is 12.5 Å². The third-order valence-corrected chi connectivity index (χ3v) is 4.49. The highest BCUT2D eigenvalue weighted by Crippen LogP contribution is 2.27. The van der Waals surface area contributed by atoms with Gasteiger partial charge in [-0.1, -0.05) is 54.3 Å². The van der Waals surface area contributed by atoms with Crippen LogP contribution in [-0.4, -0.2) is 32.7 Å². The Kier molecular flexibility index (Phi) is 4.71. The fraction of sp³-hybridized carbons (Fsp3) is 0.357. The second kappa shape index (κ2) is 6.30. The first-order chi connectivity index (χ1) is 9.08. The fourth-order valence-electron chi connectivity index (χ4n) is 2.10. The van der Waals surface area contributed by atoms with Crippen LogP contribution in [0.1, 0.15) is 18.9 Å². The van der Waals surface area contributed by atoms with Crippen LogP contribution in [0.15, 0.2) is 30.3 Å². The number of hydrogen-bond acceptors (Lipinski definition) is 4. The average molecular weight is 293 g/mol. The smallest absolute Gasteiger partial charge is 0.235 e. The summed E-state index contributed by atoms with van der Waals surface area (Å²) >= 11 is 6.73. The molecule has 1 aliphatic rings. The van der Waals surface area contributed by atoms with E-state index in [0.717, 1.165) is 12.2 Å². The van der Waals surface area contributed by atoms with Crippen molar-refractivity contribution in [3.8, 4) is 0 Å². The van der Waals surface area contributed by atoms with Gasteiger partial charge in [0.25, 0.3) is 0 Å². The largest absolute Gasteiger partial charge is 0.299 e. The molecule has 1 fully saturated rings. The number of thiocarbonyl (C=S) groups is 1. The van der Waals surface area contributed by atoms with E-state index in [1.165, 1.54) is 24.2 Å². The zero-order chi connectivity index (χ0) is 13.8. The molecule has 0 aromatic heterocycles. The van der Waals surface area contributed by atoms with Gasteiger partial charge in [0.1, 0.15) is 10.1 Å². The third kappa shape index (κ3) is 3.64. The van der Waals surface area contributed by atoms with E-state index in [9.17, 15) is 9.59 Å². The van der Waals surface area contributed by atoms with Crippen molar-refractivity contribution in [2.45, 2.75) is 25.8 Å². The van der Waals surface area contributed by atoms with Crippen molar-refractivity contribution in [2.24, 2.45) is 0 Å². The van der Waals surface area contributed by atoms with E-state index in [-0.39, 0.29) is 24.2 Å². The van der Waals surface area contributed by atoms with Gasteiger partial charge in [0.2, 0.25) is 5.91 Å². The molecular formula is C14H15NO2S2. The van der Waals surface area contributed by atoms with Gasteiger partial charge >= 0.3 is 0 Å². The van der Waals surface area contributed by atoms with Crippen LogP contribution in [0.4, 0.5) is 0 Å². The van der Waals surface area contributed by atoms with E-state index in [1.54, 1.807) is 4.90 Å². The molecule has 0 spiro atoms. The molecule has 1 amide bonds. The van der Waals surface area contributed by atoms with Crippen molar-refractivity contribution in [1.29, 1.82) is 0 Å². The number of amides is 1. The highest BCUT2D eigenvalue weighted by molar-refractivity contribution is 8.23. The topological polar surface area (TPSA) is 37.4 Å². The van der Waals surface area contributed by atoms with Gasteiger partial charge in [-0.3, -0.25) is 14.5 Å². The Balaban J connectivity index is 2.09. The van der Waals surface area contributed by atoms with Gasteiger partial charge in [-0.15, -0.1) is 0 Å². The molecular weight excluding hydrogens is 278 g/mol. The Morgan fingerprint density at radius 1 is 1.37 bits per heavy atom. The monoisotopic (exact) mass is 293 g/mol. The molecule has 0 unspecified atom stereocenters. The number of ketones is 1. The highest BCUT2D eigenvalue weighted by Gasteiger charge is 2.33. The molecule has 0 N–H and O–H groups in total. The Bertz CT molecular complexity index is 501. The lowest BCUT2D eigenvalue weighted by molar-refractivity contribution is -0.132. The molecule has 3 nitrogen and oxygen atoms in total. The van der Waals surface area contributed by atoms with E-state index in [2.05, 4.69) is 0 Å². The highest BCUT2D eigenvalue weighted by atomic mass is 32.2. The number of benzene rings is 1. The molecule has 0 bridgehead atoms. The summed E-state index contributed by atoms with van der Waals surface area (Å²) < 4.78 is 0.590. The maximum atomic E-state index is 12.1. The van der Waals surface area contributed by atoms with Gasteiger partial charge in [-0.2, -0.15) is 0 Å². The fourth-order valence-corrected chi connectivity index (χ4v) is 3.55. The molecule has 1 saturated heterocycles. The molecule has 19 heavy (non-hydrogen) atoms. The van der Waals surface area contributed by atoms with Gasteiger partial charge in [0, 0.05) is 5.75 Å². The van der Waals surface area contributed by atoms with Crippen LogP contribution in [-0.2, 0) is 16.0 Å². The van der Waals surface area contributed by atoms with Crippen LogP contribution in [0, 0.1) is 0 Å². The number of thioether (sulfide) groups is 1. The van der Waals surface area contributed by atoms with Crippen molar-refractivity contribution in [3.63, 3.8) is 0 Å². The summed E-state index contributed by atoms with van der Waals surface area (Å²) in [4.78, 5) is 24.8. The second-order valence-corrected chi connectivity index (χ2v) is 6.22. The molecule has 1 aromatic rings. The average Bonchev–Trinajstić information content (AvgIpc) is 2.71. The first-order valence-electron chi connectivity index (χ1n) is 6.10. The normalized spacial score (nSPS) is 18.7. The van der Waals surface area contributed by atoms with E-state index < -0.39 is 0 Å². The standard InChI is InChI=1S/C14H15NO2S2/c1-10(16)7-13(17)15-12(9-19-14(15)18)8-11-5-3-2-4-6-11/h2-6,12H,7-9H2,1H3/t12-/m1/s1. The van der Waals surface area contributed by atoms with Gasteiger partial charge < -0.3 is 0 Å². The van der Waals surface area contributed by atoms with Crippen LogP contribution in [0.2, 0.25) is 0 Å². The zero-order valence-electron chi connectivity index (χ0n) is 10.7. The van der Waals surface area contributed by atoms with E-state index >= 15 is 0 Å². The zero-order valence-corrected chi connectivity index (χ0v) is 12.3. The van der Waals surface area contributed by atoms with Crippen LogP contribution in [0.5, 0.6) is 0 Å². The van der Waals surface area contributed by atoms with Crippen molar-refractivity contribution in [2.75, 3.05) is 5.75 Å². The number of carbonyl (C=O) groups excluding carboxylic acids is 2. The second-order valence-electron chi connectivity index (χ2n) is 4.56. The number of rotatable bonds is 4. The minimum Gasteiger partial charge on any atom is -0.299 e. The first kappa shape index (κ1) is 14.2. The maximum absolute atomic E-state index is 12.1. The molecule has 1 aliphatic heterocycles. The lowest BCUT2D eigenvalue weighted by Gasteiger charge is -2.23. The van der Waals surface area contributed by atoms with Crippen LogP contribution in [0.3, 0.4) is 0 Å². The molecule has 1 heterocycles. The van der Waals surface area contributed by atoms with Crippen molar-refractivity contribution < 1.29 is 9.59 Å². The summed E-state index contributed by atoms with van der Waals surface area (Å²) in [6.45, 7) is 1.43. The number of hydrogen-bond donors (Lipinski definition) is 0. The van der Waals surface area contributed by atoms with Crippen LogP contribution in [0.25, 0.3) is 0 Å². The molecule has 0 saturated carbocycles. The summed E-state index contributed by atoms with van der Waals surface area (Å²) in [6, 6.07) is 10.1. The van der Waals surface area contributed by atoms with Crippen molar-refractivity contribution in [3.05, 3.63) is 35.9 Å². The third-order valence-electron chi connectivity index (χ3n) is 2.94. The molecule has 0 aliphatic carbocycles. The van der Waals surface area contributed by atoms with Gasteiger partial charge in [0.15, 0.2) is 0 Å². The molecule has 2 rings (SSSR count). The lowest BCUT2D eigenvalue weighted by Crippen LogP contribution is -2.40. The molecule has 1 atom stereocenters. The Morgan fingerprint density at radius 3 is 2.68 bits per heavy atom. The SMILES string of the molecule is CC(=O)CC(=O)N1C(=S)SC[C@H]1Cc1ccccc1. The van der Waals surface area contributed by atoms with Crippen LogP contribution >= 0.6 is 24.0 Å². The summed E-state index contributed by atoms with van der Waals surface area (Å²) in [5, 5.41) is 0. The van der Waals surface area contributed by atoms with Gasteiger partial charge in [-0.25, -0.2) is 0 Å². The predicted molar refractivity (Wildman–Crippen MR) is 81.1 cm³/mol. The summed E-state index contributed by atoms with van der Waals surface area (Å²) in [6.07, 6.45) is 0.712. The Hall–Kier alpha value is -1.20. The quantitative estimate of drug-likeness (QED) is 0.631. The Labute approximate surface area is 122 Å².